The Morgan fingerprint density at radius 3 is 2.89 bits per heavy atom. The number of aryl methyl sites for hydroxylation is 2. The third kappa shape index (κ3) is 3.21. The third-order valence-corrected chi connectivity index (χ3v) is 6.28. The highest BCUT2D eigenvalue weighted by atomic mass is 35.5. The van der Waals surface area contributed by atoms with E-state index in [9.17, 15) is 9.00 Å². The second kappa shape index (κ2) is 6.35. The number of aromatic nitrogens is 2. The molecular formula is C19H19ClN4O2S. The van der Waals surface area contributed by atoms with Crippen LogP contribution in [0.15, 0.2) is 41.6 Å². The minimum absolute atomic E-state index is 0.144. The summed E-state index contributed by atoms with van der Waals surface area (Å²) in [5.41, 5.74) is 3.39. The van der Waals surface area contributed by atoms with E-state index < -0.39 is 9.73 Å². The first-order valence-corrected chi connectivity index (χ1v) is 10.9. The monoisotopic (exact) mass is 402 g/mol. The van der Waals surface area contributed by atoms with Gasteiger partial charge in [-0.1, -0.05) is 17.7 Å². The first kappa shape index (κ1) is 18.0. The van der Waals surface area contributed by atoms with Gasteiger partial charge in [0, 0.05) is 35.4 Å². The van der Waals surface area contributed by atoms with Gasteiger partial charge in [0.15, 0.2) is 0 Å². The van der Waals surface area contributed by atoms with E-state index in [-0.39, 0.29) is 11.9 Å². The molecule has 0 bridgehead atoms. The summed E-state index contributed by atoms with van der Waals surface area (Å²) in [6, 6.07) is 8.98. The summed E-state index contributed by atoms with van der Waals surface area (Å²) in [5.74, 6) is -0.161. The number of halogens is 1. The summed E-state index contributed by atoms with van der Waals surface area (Å²) in [6.07, 6.45) is 4.52. The van der Waals surface area contributed by atoms with Crippen LogP contribution in [-0.2, 0) is 23.2 Å². The predicted octanol–water partition coefficient (Wildman–Crippen LogP) is 3.68. The van der Waals surface area contributed by atoms with Gasteiger partial charge in [-0.2, -0.15) is 0 Å². The molecule has 0 saturated heterocycles. The Labute approximate surface area is 162 Å². The van der Waals surface area contributed by atoms with Crippen LogP contribution < -0.4 is 5.32 Å². The van der Waals surface area contributed by atoms with Crippen molar-refractivity contribution in [3.05, 3.63) is 58.4 Å². The highest BCUT2D eigenvalue weighted by Gasteiger charge is 2.27. The van der Waals surface area contributed by atoms with Crippen LogP contribution in [0.1, 0.15) is 34.1 Å². The van der Waals surface area contributed by atoms with Gasteiger partial charge >= 0.3 is 0 Å². The molecule has 2 unspecified atom stereocenters. The number of hydrogen-bond acceptors (Lipinski definition) is 4. The van der Waals surface area contributed by atoms with Gasteiger partial charge in [0.25, 0.3) is 5.91 Å². The highest BCUT2D eigenvalue weighted by molar-refractivity contribution is 7.91. The standard InChI is InChI=1S/C19H19ClN4O2S/c1-24-16-9-13(20)5-3-12(16)7-17(24)19(25)23-15-6-4-11-8-18(27(2,21)26)22-10-14(11)15/h3,5,7-10,15,21H,4,6H2,1-2H3,(H,23,25). The molecule has 2 aromatic heterocycles. The zero-order valence-electron chi connectivity index (χ0n) is 15.0. The fourth-order valence-electron chi connectivity index (χ4n) is 3.59. The molecule has 2 N–H and O–H groups in total. The Balaban J connectivity index is 1.61. The number of pyridine rings is 1. The van der Waals surface area contributed by atoms with Crippen molar-refractivity contribution in [2.45, 2.75) is 23.9 Å². The van der Waals surface area contributed by atoms with Crippen molar-refractivity contribution in [3.63, 3.8) is 0 Å². The summed E-state index contributed by atoms with van der Waals surface area (Å²) in [4.78, 5) is 17.0. The van der Waals surface area contributed by atoms with E-state index >= 15 is 0 Å². The minimum atomic E-state index is -2.84. The number of fused-ring (bicyclic) bond motifs is 2. The van der Waals surface area contributed by atoms with E-state index in [1.54, 1.807) is 18.3 Å². The highest BCUT2D eigenvalue weighted by Crippen LogP contribution is 2.32. The van der Waals surface area contributed by atoms with Crippen molar-refractivity contribution in [2.75, 3.05) is 6.26 Å². The van der Waals surface area contributed by atoms with Crippen molar-refractivity contribution >= 4 is 38.1 Å². The molecule has 2 atom stereocenters. The Kier molecular flexibility index (Phi) is 4.24. The lowest BCUT2D eigenvalue weighted by Gasteiger charge is -2.14. The molecule has 140 valence electrons. The average Bonchev–Trinajstić information content (AvgIpc) is 3.15. The van der Waals surface area contributed by atoms with Gasteiger partial charge in [0.1, 0.15) is 10.7 Å². The zero-order chi connectivity index (χ0) is 19.3. The summed E-state index contributed by atoms with van der Waals surface area (Å²) in [7, 11) is -1.00. The van der Waals surface area contributed by atoms with Crippen molar-refractivity contribution < 1.29 is 9.00 Å². The smallest absolute Gasteiger partial charge is 0.268 e. The van der Waals surface area contributed by atoms with E-state index in [1.165, 1.54) is 6.26 Å². The molecule has 8 heteroatoms. The molecule has 27 heavy (non-hydrogen) atoms. The van der Waals surface area contributed by atoms with Gasteiger partial charge in [0.2, 0.25) is 0 Å². The maximum Gasteiger partial charge on any atom is 0.268 e. The summed E-state index contributed by atoms with van der Waals surface area (Å²) >= 11 is 6.06. The molecule has 6 nitrogen and oxygen atoms in total. The lowest BCUT2D eigenvalue weighted by atomic mass is 10.1. The van der Waals surface area contributed by atoms with Gasteiger partial charge in [-0.05, 0) is 48.2 Å². The van der Waals surface area contributed by atoms with Gasteiger partial charge in [-0.3, -0.25) is 4.79 Å². The number of carbonyl (C=O) groups excluding carboxylic acids is 1. The molecule has 0 radical (unpaired) electrons. The molecule has 0 fully saturated rings. The Morgan fingerprint density at radius 1 is 1.37 bits per heavy atom. The SMILES string of the molecule is Cn1c(C(=O)NC2CCc3cc(S(C)(=N)=O)ncc32)cc2ccc(Cl)cc21. The van der Waals surface area contributed by atoms with Crippen molar-refractivity contribution in [1.29, 1.82) is 4.78 Å². The average molecular weight is 403 g/mol. The molecule has 2 heterocycles. The first-order valence-electron chi connectivity index (χ1n) is 8.52. The second-order valence-electron chi connectivity index (χ2n) is 6.92. The third-order valence-electron chi connectivity index (χ3n) is 5.02. The van der Waals surface area contributed by atoms with Crippen molar-refractivity contribution in [3.8, 4) is 0 Å². The Bertz CT molecular complexity index is 1180. The van der Waals surface area contributed by atoms with Crippen LogP contribution in [0.3, 0.4) is 0 Å². The van der Waals surface area contributed by atoms with Gasteiger partial charge in [-0.15, -0.1) is 0 Å². The number of nitrogens with one attached hydrogen (secondary N) is 2. The maximum absolute atomic E-state index is 12.9. The summed E-state index contributed by atoms with van der Waals surface area (Å²) in [6.45, 7) is 0. The van der Waals surface area contributed by atoms with Crippen LogP contribution in [0.5, 0.6) is 0 Å². The van der Waals surface area contributed by atoms with Gasteiger partial charge in [0.05, 0.1) is 15.8 Å². The van der Waals surface area contributed by atoms with Gasteiger partial charge in [-0.25, -0.2) is 14.0 Å². The molecule has 1 aliphatic carbocycles. The molecule has 0 saturated carbocycles. The number of carbonyl (C=O) groups is 1. The van der Waals surface area contributed by atoms with Gasteiger partial charge < -0.3 is 9.88 Å². The molecule has 0 aliphatic heterocycles. The van der Waals surface area contributed by atoms with Crippen LogP contribution in [0, 0.1) is 4.78 Å². The van der Waals surface area contributed by atoms with Crippen LogP contribution in [0.2, 0.25) is 5.02 Å². The number of rotatable bonds is 3. The fourth-order valence-corrected chi connectivity index (χ4v) is 4.37. The van der Waals surface area contributed by atoms with E-state index in [0.717, 1.165) is 34.9 Å². The molecule has 1 aromatic carbocycles. The van der Waals surface area contributed by atoms with Crippen LogP contribution in [0.25, 0.3) is 10.9 Å². The minimum Gasteiger partial charge on any atom is -0.344 e. The fraction of sp³-hybridized carbons (Fsp3) is 0.263. The Hall–Kier alpha value is -2.38. The first-order chi connectivity index (χ1) is 12.7. The zero-order valence-corrected chi connectivity index (χ0v) is 16.5. The maximum atomic E-state index is 12.9. The summed E-state index contributed by atoms with van der Waals surface area (Å²) in [5, 5.41) is 4.95. The van der Waals surface area contributed by atoms with E-state index in [0.29, 0.717) is 15.7 Å². The van der Waals surface area contributed by atoms with Crippen LogP contribution in [-0.4, -0.2) is 25.9 Å². The second-order valence-corrected chi connectivity index (χ2v) is 9.46. The number of amides is 1. The Morgan fingerprint density at radius 2 is 2.15 bits per heavy atom. The molecule has 4 rings (SSSR count). The molecule has 3 aromatic rings. The van der Waals surface area contributed by atoms with Crippen LogP contribution in [0.4, 0.5) is 0 Å². The largest absolute Gasteiger partial charge is 0.344 e. The van der Waals surface area contributed by atoms with E-state index in [1.807, 2.05) is 29.8 Å². The number of benzene rings is 1. The lowest BCUT2D eigenvalue weighted by Crippen LogP contribution is -2.28. The normalized spacial score (nSPS) is 18.3. The quantitative estimate of drug-likeness (QED) is 0.700. The summed E-state index contributed by atoms with van der Waals surface area (Å²) < 4.78 is 21.4. The van der Waals surface area contributed by atoms with Crippen LogP contribution >= 0.6 is 11.6 Å². The van der Waals surface area contributed by atoms with Crippen molar-refractivity contribution in [2.24, 2.45) is 7.05 Å². The van der Waals surface area contributed by atoms with Crippen molar-refractivity contribution in [1.82, 2.24) is 14.9 Å². The number of nitrogens with zero attached hydrogens (tertiary/aromatic N) is 2. The molecule has 0 spiro atoms. The molecule has 1 aliphatic rings. The topological polar surface area (TPSA) is 87.8 Å². The molecular weight excluding hydrogens is 384 g/mol. The van der Waals surface area contributed by atoms with E-state index in [4.69, 9.17) is 16.4 Å². The number of hydrogen-bond donors (Lipinski definition) is 2. The predicted molar refractivity (Wildman–Crippen MR) is 106 cm³/mol. The lowest BCUT2D eigenvalue weighted by molar-refractivity contribution is 0.0929. The molecule has 1 amide bonds. The van der Waals surface area contributed by atoms with E-state index in [2.05, 4.69) is 10.3 Å².